The van der Waals surface area contributed by atoms with Crippen LogP contribution in [0.3, 0.4) is 0 Å². The second kappa shape index (κ2) is 11.2. The van der Waals surface area contributed by atoms with Gasteiger partial charge in [-0.2, -0.15) is 0 Å². The van der Waals surface area contributed by atoms with Gasteiger partial charge in [-0.3, -0.25) is 9.69 Å². The summed E-state index contributed by atoms with van der Waals surface area (Å²) in [5, 5.41) is 1.04. The number of carbonyl (C=O) groups is 1. The SMILES string of the molecule is COc1ccc([S+]([O-])N2CCN(C(C)c3nc(N4CCN(C(C)=O)CC4)c4ccccc4n3)CC2)cc1. The summed E-state index contributed by atoms with van der Waals surface area (Å²) in [5.74, 6) is 2.62. The van der Waals surface area contributed by atoms with E-state index in [1.165, 1.54) is 0 Å². The Kier molecular flexibility index (Phi) is 7.80. The predicted octanol–water partition coefficient (Wildman–Crippen LogP) is 2.71. The number of piperazine rings is 2. The van der Waals surface area contributed by atoms with Crippen LogP contribution < -0.4 is 9.64 Å². The van der Waals surface area contributed by atoms with Crippen LogP contribution in [0.25, 0.3) is 10.9 Å². The summed E-state index contributed by atoms with van der Waals surface area (Å²) >= 11 is -1.20. The highest BCUT2D eigenvalue weighted by Gasteiger charge is 2.31. The van der Waals surface area contributed by atoms with Crippen molar-refractivity contribution in [1.29, 1.82) is 0 Å². The van der Waals surface area contributed by atoms with Gasteiger partial charge >= 0.3 is 0 Å². The Balaban J connectivity index is 1.29. The number of carbonyl (C=O) groups excluding carboxylic acids is 1. The number of ether oxygens (including phenoxy) is 1. The highest BCUT2D eigenvalue weighted by molar-refractivity contribution is 7.89. The largest absolute Gasteiger partial charge is 0.593 e. The monoisotopic (exact) mass is 522 g/mol. The Morgan fingerprint density at radius 1 is 0.946 bits per heavy atom. The maximum absolute atomic E-state index is 13.1. The van der Waals surface area contributed by atoms with Gasteiger partial charge in [-0.15, -0.1) is 4.31 Å². The molecule has 5 rings (SSSR count). The molecule has 2 aliphatic rings. The summed E-state index contributed by atoms with van der Waals surface area (Å²) in [6, 6.07) is 15.6. The lowest BCUT2D eigenvalue weighted by molar-refractivity contribution is -0.129. The van der Waals surface area contributed by atoms with Crippen molar-refractivity contribution in [3.05, 3.63) is 54.4 Å². The van der Waals surface area contributed by atoms with Gasteiger partial charge in [0.1, 0.15) is 17.4 Å². The molecule has 0 bridgehead atoms. The number of fused-ring (bicyclic) bond motifs is 1. The lowest BCUT2D eigenvalue weighted by Gasteiger charge is -2.37. The second-order valence-corrected chi connectivity index (χ2v) is 11.0. The summed E-state index contributed by atoms with van der Waals surface area (Å²) < 4.78 is 20.3. The van der Waals surface area contributed by atoms with Gasteiger partial charge in [0.2, 0.25) is 5.91 Å². The highest BCUT2D eigenvalue weighted by atomic mass is 32.2. The van der Waals surface area contributed by atoms with Crippen LogP contribution in [0.1, 0.15) is 25.7 Å². The lowest BCUT2D eigenvalue weighted by Crippen LogP contribution is -2.49. The summed E-state index contributed by atoms with van der Waals surface area (Å²) in [6.07, 6.45) is 0. The first-order valence-electron chi connectivity index (χ1n) is 12.8. The average molecular weight is 523 g/mol. The number of nitrogens with zero attached hydrogens (tertiary/aromatic N) is 6. The summed E-state index contributed by atoms with van der Waals surface area (Å²) in [4.78, 5) is 29.1. The zero-order valence-corrected chi connectivity index (χ0v) is 22.5. The fourth-order valence-electron chi connectivity index (χ4n) is 5.00. The molecule has 0 N–H and O–H groups in total. The van der Waals surface area contributed by atoms with Crippen LogP contribution in [0.15, 0.2) is 53.4 Å². The molecule has 1 aromatic heterocycles. The van der Waals surface area contributed by atoms with Crippen molar-refractivity contribution in [2.24, 2.45) is 0 Å². The molecule has 2 atom stereocenters. The molecule has 1 amide bonds. The van der Waals surface area contributed by atoms with Gasteiger partial charge in [0, 0.05) is 51.6 Å². The smallest absolute Gasteiger partial charge is 0.219 e. The first-order chi connectivity index (χ1) is 17.9. The molecule has 2 aromatic carbocycles. The fourth-order valence-corrected chi connectivity index (χ4v) is 6.16. The number of para-hydroxylation sites is 1. The van der Waals surface area contributed by atoms with Gasteiger partial charge in [-0.25, -0.2) is 9.97 Å². The van der Waals surface area contributed by atoms with Crippen molar-refractivity contribution in [3.8, 4) is 5.75 Å². The third-order valence-corrected chi connectivity index (χ3v) is 8.82. The van der Waals surface area contributed by atoms with Crippen LogP contribution >= 0.6 is 0 Å². The number of benzene rings is 2. The molecule has 9 nitrogen and oxygen atoms in total. The maximum Gasteiger partial charge on any atom is 0.219 e. The second-order valence-electron chi connectivity index (χ2n) is 9.48. The van der Waals surface area contributed by atoms with Gasteiger partial charge in [0.25, 0.3) is 0 Å². The molecule has 37 heavy (non-hydrogen) atoms. The van der Waals surface area contributed by atoms with E-state index in [2.05, 4.69) is 22.8 Å². The summed E-state index contributed by atoms with van der Waals surface area (Å²) in [6.45, 7) is 9.66. The minimum absolute atomic E-state index is 0.0263. The first kappa shape index (κ1) is 25.7. The quantitative estimate of drug-likeness (QED) is 0.457. The van der Waals surface area contributed by atoms with E-state index < -0.39 is 11.4 Å². The van der Waals surface area contributed by atoms with Crippen LogP contribution in [0.5, 0.6) is 5.75 Å². The van der Waals surface area contributed by atoms with Crippen molar-refractivity contribution in [2.75, 3.05) is 64.4 Å². The van der Waals surface area contributed by atoms with E-state index in [9.17, 15) is 9.35 Å². The molecule has 0 spiro atoms. The number of aromatic nitrogens is 2. The molecule has 0 radical (unpaired) electrons. The molecule has 2 unspecified atom stereocenters. The molecule has 2 aliphatic heterocycles. The summed E-state index contributed by atoms with van der Waals surface area (Å²) in [7, 11) is 1.63. The van der Waals surface area contributed by atoms with E-state index in [-0.39, 0.29) is 11.9 Å². The number of amides is 1. The molecular weight excluding hydrogens is 488 g/mol. The third-order valence-electron chi connectivity index (χ3n) is 7.32. The Bertz CT molecular complexity index is 1230. The molecular formula is C27H34N6O3S. The molecule has 3 heterocycles. The van der Waals surface area contributed by atoms with E-state index in [1.807, 2.05) is 51.7 Å². The van der Waals surface area contributed by atoms with E-state index in [0.29, 0.717) is 26.2 Å². The predicted molar refractivity (Wildman–Crippen MR) is 145 cm³/mol. The van der Waals surface area contributed by atoms with Crippen LogP contribution in [0, 0.1) is 0 Å². The number of anilines is 1. The number of hydrogen-bond acceptors (Lipinski definition) is 8. The molecule has 2 fully saturated rings. The fraction of sp³-hybridized carbons (Fsp3) is 0.444. The Morgan fingerprint density at radius 2 is 1.62 bits per heavy atom. The van der Waals surface area contributed by atoms with Gasteiger partial charge in [0.05, 0.1) is 43.1 Å². The topological polar surface area (TPSA) is 88.1 Å². The zero-order chi connectivity index (χ0) is 25.9. The van der Waals surface area contributed by atoms with Crippen molar-refractivity contribution < 1.29 is 14.1 Å². The van der Waals surface area contributed by atoms with Crippen molar-refractivity contribution in [2.45, 2.75) is 24.8 Å². The van der Waals surface area contributed by atoms with Gasteiger partial charge in [-0.1, -0.05) is 12.1 Å². The van der Waals surface area contributed by atoms with E-state index >= 15 is 0 Å². The van der Waals surface area contributed by atoms with Gasteiger partial charge < -0.3 is 19.1 Å². The van der Waals surface area contributed by atoms with E-state index in [1.54, 1.807) is 14.0 Å². The van der Waals surface area contributed by atoms with Crippen molar-refractivity contribution >= 4 is 34.0 Å². The van der Waals surface area contributed by atoms with Crippen molar-refractivity contribution in [3.63, 3.8) is 0 Å². The van der Waals surface area contributed by atoms with Gasteiger partial charge in [-0.05, 0) is 43.3 Å². The van der Waals surface area contributed by atoms with E-state index in [4.69, 9.17) is 14.7 Å². The maximum atomic E-state index is 13.1. The molecule has 3 aromatic rings. The average Bonchev–Trinajstić information content (AvgIpc) is 2.96. The Morgan fingerprint density at radius 3 is 2.27 bits per heavy atom. The Hall–Kier alpha value is -2.92. The first-order valence-corrected chi connectivity index (χ1v) is 13.9. The number of hydrogen-bond donors (Lipinski definition) is 0. The highest BCUT2D eigenvalue weighted by Crippen LogP contribution is 2.29. The zero-order valence-electron chi connectivity index (χ0n) is 21.7. The minimum Gasteiger partial charge on any atom is -0.593 e. The van der Waals surface area contributed by atoms with E-state index in [0.717, 1.165) is 59.4 Å². The normalized spacial score (nSPS) is 19.1. The van der Waals surface area contributed by atoms with Crippen LogP contribution in [-0.4, -0.2) is 94.0 Å². The summed E-state index contributed by atoms with van der Waals surface area (Å²) in [5.41, 5.74) is 0.933. The minimum atomic E-state index is -1.20. The molecule has 10 heteroatoms. The Labute approximate surface area is 221 Å². The standard InChI is InChI=1S/C27H34N6O3S/c1-20(30-16-18-33(19-17-30)37(35)23-10-8-22(36-3)9-11-23)26-28-25-7-5-4-6-24(25)27(29-26)32-14-12-31(13-15-32)21(2)34/h4-11,20H,12-19H2,1-3H3. The molecule has 0 aliphatic carbocycles. The van der Waals surface area contributed by atoms with Crippen LogP contribution in [-0.2, 0) is 16.2 Å². The molecule has 0 saturated carbocycles. The van der Waals surface area contributed by atoms with Crippen LogP contribution in [0.2, 0.25) is 0 Å². The van der Waals surface area contributed by atoms with Gasteiger partial charge in [0.15, 0.2) is 4.90 Å². The van der Waals surface area contributed by atoms with Crippen LogP contribution in [0.4, 0.5) is 5.82 Å². The number of methoxy groups -OCH3 is 1. The number of rotatable bonds is 6. The molecule has 2 saturated heterocycles. The molecule has 196 valence electrons. The lowest BCUT2D eigenvalue weighted by atomic mass is 10.1. The third kappa shape index (κ3) is 5.52. The van der Waals surface area contributed by atoms with Crippen molar-refractivity contribution in [1.82, 2.24) is 24.1 Å².